The first-order chi connectivity index (χ1) is 23.2. The Bertz CT molecular complexity index is 1760. The molecule has 3 atom stereocenters. The highest BCUT2D eigenvalue weighted by molar-refractivity contribution is 6.00. The van der Waals surface area contributed by atoms with E-state index in [2.05, 4.69) is 31.1 Å². The predicted molar refractivity (Wildman–Crippen MR) is 197 cm³/mol. The summed E-state index contributed by atoms with van der Waals surface area (Å²) >= 11 is 0. The molecule has 0 fully saturated rings. The average Bonchev–Trinajstić information content (AvgIpc) is 3.05. The van der Waals surface area contributed by atoms with Gasteiger partial charge in [0, 0.05) is 18.2 Å². The van der Waals surface area contributed by atoms with Gasteiger partial charge >= 0.3 is 6.09 Å². The van der Waals surface area contributed by atoms with Gasteiger partial charge in [-0.1, -0.05) is 87.2 Å². The Morgan fingerprint density at radius 1 is 0.878 bits per heavy atom. The molecule has 0 spiro atoms. The van der Waals surface area contributed by atoms with Crippen LogP contribution in [0.3, 0.4) is 0 Å². The van der Waals surface area contributed by atoms with Gasteiger partial charge < -0.3 is 25.4 Å². The van der Waals surface area contributed by atoms with Gasteiger partial charge in [0.25, 0.3) is 5.91 Å². The molecule has 0 radical (unpaired) electrons. The van der Waals surface area contributed by atoms with Crippen LogP contribution < -0.4 is 10.6 Å². The topological polar surface area (TPSA) is 108 Å². The van der Waals surface area contributed by atoms with Crippen molar-refractivity contribution < 1.29 is 24.2 Å². The number of carbonyl (C=O) groups is 3. The monoisotopic (exact) mass is 663 g/mol. The lowest BCUT2D eigenvalue weighted by Crippen LogP contribution is -2.55. The largest absolute Gasteiger partial charge is 0.508 e. The third-order valence-corrected chi connectivity index (χ3v) is 8.26. The molecule has 0 aliphatic heterocycles. The van der Waals surface area contributed by atoms with Crippen LogP contribution in [0.15, 0.2) is 97.6 Å². The first-order valence-corrected chi connectivity index (χ1v) is 16.9. The molecule has 0 saturated carbocycles. The number of phenols is 1. The maximum atomic E-state index is 15.0. The maximum absolute atomic E-state index is 15.0. The number of amides is 3. The highest BCUT2D eigenvalue weighted by Crippen LogP contribution is 2.31. The van der Waals surface area contributed by atoms with Crippen molar-refractivity contribution in [3.05, 3.63) is 114 Å². The zero-order valence-electron chi connectivity index (χ0n) is 29.4. The predicted octanol–water partition coefficient (Wildman–Crippen LogP) is 8.66. The van der Waals surface area contributed by atoms with Crippen molar-refractivity contribution in [2.75, 3.05) is 5.32 Å². The lowest BCUT2D eigenvalue weighted by Gasteiger charge is -2.39. The second-order valence-electron chi connectivity index (χ2n) is 14.0. The Morgan fingerprint density at radius 3 is 2.22 bits per heavy atom. The van der Waals surface area contributed by atoms with Gasteiger partial charge in [0.1, 0.15) is 23.4 Å². The third kappa shape index (κ3) is 10.4. The Labute approximate surface area is 290 Å². The van der Waals surface area contributed by atoms with Gasteiger partial charge in [0.05, 0.1) is 0 Å². The number of benzene rings is 4. The summed E-state index contributed by atoms with van der Waals surface area (Å²) in [4.78, 5) is 44.4. The minimum absolute atomic E-state index is 0.0863. The SMILES string of the molecule is C=Cc1cccc(C(C(=O)Nc2ccc3ccccc3c2)N(C(=O)C(Cc2ccc(O)cc2)NC(=O)OC(C)(C)C)C(C)CCC(C)C)c1. The standard InChI is InChI=1S/C41H49N3O5/c1-8-29-12-11-15-33(24-29)37(38(46)42-34-21-20-31-13-9-10-14-32(31)26-34)44(28(4)17-16-27(2)3)39(47)36(43-40(48)49-41(5,6)7)25-30-18-22-35(45)23-19-30/h8-15,18-24,26-28,36-37,45H,1,16-17,25H2,2-7H3,(H,42,46)(H,43,48). The summed E-state index contributed by atoms with van der Waals surface area (Å²) in [5.41, 5.74) is 1.93. The van der Waals surface area contributed by atoms with E-state index in [0.717, 1.165) is 22.8 Å². The second-order valence-corrected chi connectivity index (χ2v) is 14.0. The van der Waals surface area contributed by atoms with Crippen LogP contribution in [-0.4, -0.2) is 45.6 Å². The van der Waals surface area contributed by atoms with E-state index in [9.17, 15) is 14.7 Å². The number of hydrogen-bond donors (Lipinski definition) is 3. The number of aromatic hydroxyl groups is 1. The fraction of sp³-hybridized carbons (Fsp3) is 0.341. The third-order valence-electron chi connectivity index (χ3n) is 8.26. The average molecular weight is 664 g/mol. The Kier molecular flexibility index (Phi) is 12.2. The summed E-state index contributed by atoms with van der Waals surface area (Å²) in [5.74, 6) is -0.371. The summed E-state index contributed by atoms with van der Waals surface area (Å²) in [7, 11) is 0. The van der Waals surface area contributed by atoms with Crippen molar-refractivity contribution in [2.45, 2.75) is 84.5 Å². The highest BCUT2D eigenvalue weighted by atomic mass is 16.6. The summed E-state index contributed by atoms with van der Waals surface area (Å²) < 4.78 is 5.58. The van der Waals surface area contributed by atoms with Crippen molar-refractivity contribution in [1.29, 1.82) is 0 Å². The van der Waals surface area contributed by atoms with E-state index in [1.165, 1.54) is 12.1 Å². The number of carbonyl (C=O) groups excluding carboxylic acids is 3. The minimum Gasteiger partial charge on any atom is -0.508 e. The van der Waals surface area contributed by atoms with Crippen molar-refractivity contribution >= 4 is 40.4 Å². The molecular weight excluding hydrogens is 614 g/mol. The van der Waals surface area contributed by atoms with Gasteiger partial charge in [0.15, 0.2) is 0 Å². The lowest BCUT2D eigenvalue weighted by atomic mass is 9.95. The van der Waals surface area contributed by atoms with Crippen LogP contribution in [0.4, 0.5) is 10.5 Å². The van der Waals surface area contributed by atoms with Crippen LogP contribution >= 0.6 is 0 Å². The smallest absolute Gasteiger partial charge is 0.408 e. The van der Waals surface area contributed by atoms with Gasteiger partial charge in [-0.15, -0.1) is 0 Å². The molecule has 0 aliphatic carbocycles. The molecule has 258 valence electrons. The highest BCUT2D eigenvalue weighted by Gasteiger charge is 2.39. The van der Waals surface area contributed by atoms with Gasteiger partial charge in [-0.3, -0.25) is 9.59 Å². The molecule has 0 aliphatic rings. The molecule has 8 nitrogen and oxygen atoms in total. The normalized spacial score (nSPS) is 13.3. The number of fused-ring (bicyclic) bond motifs is 1. The fourth-order valence-electron chi connectivity index (χ4n) is 5.78. The van der Waals surface area contributed by atoms with E-state index in [0.29, 0.717) is 29.2 Å². The molecule has 0 heterocycles. The number of nitrogens with one attached hydrogen (secondary N) is 2. The van der Waals surface area contributed by atoms with E-state index in [1.807, 2.05) is 73.7 Å². The van der Waals surface area contributed by atoms with Gasteiger partial charge in [-0.25, -0.2) is 4.79 Å². The van der Waals surface area contributed by atoms with E-state index < -0.39 is 35.7 Å². The van der Waals surface area contributed by atoms with Gasteiger partial charge in [-0.2, -0.15) is 0 Å². The number of rotatable bonds is 13. The molecule has 49 heavy (non-hydrogen) atoms. The molecule has 0 bridgehead atoms. The minimum atomic E-state index is -1.08. The fourth-order valence-corrected chi connectivity index (χ4v) is 5.78. The number of phenolic OH excluding ortho intramolecular Hbond substituents is 1. The first-order valence-electron chi connectivity index (χ1n) is 16.9. The Hall–Kier alpha value is -5.11. The zero-order chi connectivity index (χ0) is 35.7. The number of hydrogen-bond acceptors (Lipinski definition) is 5. The first kappa shape index (κ1) is 36.7. The van der Waals surface area contributed by atoms with Crippen LogP contribution in [-0.2, 0) is 20.7 Å². The second kappa shape index (κ2) is 16.3. The van der Waals surface area contributed by atoms with Crippen molar-refractivity contribution in [3.8, 4) is 5.75 Å². The number of nitrogens with zero attached hydrogens (tertiary/aromatic N) is 1. The Balaban J connectivity index is 1.83. The number of alkyl carbamates (subject to hydrolysis) is 1. The van der Waals surface area contributed by atoms with E-state index in [1.54, 1.807) is 43.9 Å². The summed E-state index contributed by atoms with van der Waals surface area (Å²) in [6, 6.07) is 25.0. The van der Waals surface area contributed by atoms with E-state index in [4.69, 9.17) is 4.74 Å². The Morgan fingerprint density at radius 2 is 1.57 bits per heavy atom. The maximum Gasteiger partial charge on any atom is 0.408 e. The van der Waals surface area contributed by atoms with Crippen molar-refractivity contribution in [1.82, 2.24) is 10.2 Å². The summed E-state index contributed by atoms with van der Waals surface area (Å²) in [6.07, 6.45) is 2.51. The van der Waals surface area contributed by atoms with Crippen LogP contribution in [0.25, 0.3) is 16.8 Å². The quantitative estimate of drug-likeness (QED) is 0.133. The van der Waals surface area contributed by atoms with E-state index in [-0.39, 0.29) is 18.1 Å². The zero-order valence-corrected chi connectivity index (χ0v) is 29.4. The van der Waals surface area contributed by atoms with Gasteiger partial charge in [-0.05, 0) is 104 Å². The van der Waals surface area contributed by atoms with Crippen LogP contribution in [0.5, 0.6) is 5.75 Å². The summed E-state index contributed by atoms with van der Waals surface area (Å²) in [5, 5.41) is 17.8. The summed E-state index contributed by atoms with van der Waals surface area (Å²) in [6.45, 7) is 15.4. The number of anilines is 1. The molecule has 4 aromatic rings. The van der Waals surface area contributed by atoms with Crippen LogP contribution in [0, 0.1) is 5.92 Å². The van der Waals surface area contributed by atoms with Crippen molar-refractivity contribution in [3.63, 3.8) is 0 Å². The molecule has 8 heteroatoms. The molecule has 4 aromatic carbocycles. The van der Waals surface area contributed by atoms with Crippen molar-refractivity contribution in [2.24, 2.45) is 5.92 Å². The van der Waals surface area contributed by atoms with Crippen LogP contribution in [0.1, 0.15) is 77.1 Å². The molecular formula is C41H49N3O5. The van der Waals surface area contributed by atoms with Crippen LogP contribution in [0.2, 0.25) is 0 Å². The molecule has 3 N–H and O–H groups in total. The lowest BCUT2D eigenvalue weighted by molar-refractivity contribution is -0.143. The molecule has 0 aromatic heterocycles. The van der Waals surface area contributed by atoms with E-state index >= 15 is 4.79 Å². The molecule has 0 saturated heterocycles. The molecule has 3 unspecified atom stereocenters. The number of ether oxygens (including phenoxy) is 1. The molecule has 4 rings (SSSR count). The van der Waals surface area contributed by atoms with Gasteiger partial charge in [0.2, 0.25) is 5.91 Å². The molecule has 3 amide bonds.